The minimum atomic E-state index is 0.120. The Morgan fingerprint density at radius 1 is 1.00 bits per heavy atom. The number of ether oxygens (including phenoxy) is 1. The highest BCUT2D eigenvalue weighted by molar-refractivity contribution is 6.32. The Morgan fingerprint density at radius 2 is 1.72 bits per heavy atom. The lowest BCUT2D eigenvalue weighted by atomic mass is 10.2. The fraction of sp³-hybridized carbons (Fsp3) is 0.438. The van der Waals surface area contributed by atoms with E-state index in [1.807, 2.05) is 6.07 Å². The van der Waals surface area contributed by atoms with Crippen LogP contribution in [0.1, 0.15) is 25.7 Å². The highest BCUT2D eigenvalue weighted by Gasteiger charge is 2.12. The number of hydrogen-bond acceptors (Lipinski definition) is 7. The molecule has 1 aliphatic heterocycles. The standard InChI is InChI=1S/C16H20Cl2N6O/c1-25-13-7-6-11(10-12(13)17)19-15-20-14(18)21-16(22-15)23-24-8-4-2-3-5-9-24/h6-7,10H,2-5,8-9H2,1H3,(H2,19,20,21,22,23). The maximum Gasteiger partial charge on any atom is 0.243 e. The van der Waals surface area contributed by atoms with Gasteiger partial charge in [0.1, 0.15) is 5.75 Å². The first kappa shape index (κ1) is 18.0. The van der Waals surface area contributed by atoms with E-state index in [4.69, 9.17) is 27.9 Å². The van der Waals surface area contributed by atoms with Crippen LogP contribution in [0.15, 0.2) is 18.2 Å². The van der Waals surface area contributed by atoms with Crippen LogP contribution in [0.3, 0.4) is 0 Å². The molecule has 1 fully saturated rings. The lowest BCUT2D eigenvalue weighted by Crippen LogP contribution is -2.31. The van der Waals surface area contributed by atoms with Crippen molar-refractivity contribution in [3.05, 3.63) is 28.5 Å². The van der Waals surface area contributed by atoms with Gasteiger partial charge in [-0.05, 0) is 42.6 Å². The summed E-state index contributed by atoms with van der Waals surface area (Å²) in [5, 5.41) is 5.82. The second-order valence-corrected chi connectivity index (χ2v) is 6.48. The molecule has 2 aromatic rings. The molecule has 3 rings (SSSR count). The molecule has 25 heavy (non-hydrogen) atoms. The van der Waals surface area contributed by atoms with E-state index in [1.54, 1.807) is 19.2 Å². The fourth-order valence-corrected chi connectivity index (χ4v) is 3.07. The highest BCUT2D eigenvalue weighted by Crippen LogP contribution is 2.28. The summed E-state index contributed by atoms with van der Waals surface area (Å²) in [4.78, 5) is 12.6. The Morgan fingerprint density at radius 3 is 2.40 bits per heavy atom. The lowest BCUT2D eigenvalue weighted by molar-refractivity contribution is 0.340. The van der Waals surface area contributed by atoms with Crippen LogP contribution in [0.25, 0.3) is 0 Å². The summed E-state index contributed by atoms with van der Waals surface area (Å²) in [5.74, 6) is 1.37. The lowest BCUT2D eigenvalue weighted by Gasteiger charge is -2.20. The summed E-state index contributed by atoms with van der Waals surface area (Å²) in [6, 6.07) is 5.33. The molecule has 0 amide bonds. The fourth-order valence-electron chi connectivity index (χ4n) is 2.65. The number of halogens is 2. The first-order valence-electron chi connectivity index (χ1n) is 8.18. The van der Waals surface area contributed by atoms with Crippen molar-refractivity contribution in [1.29, 1.82) is 0 Å². The van der Waals surface area contributed by atoms with E-state index >= 15 is 0 Å². The van der Waals surface area contributed by atoms with Gasteiger partial charge in [-0.25, -0.2) is 5.01 Å². The Balaban J connectivity index is 1.73. The van der Waals surface area contributed by atoms with Crippen LogP contribution < -0.4 is 15.5 Å². The molecule has 134 valence electrons. The van der Waals surface area contributed by atoms with Crippen molar-refractivity contribution in [2.45, 2.75) is 25.7 Å². The zero-order chi connectivity index (χ0) is 17.6. The second kappa shape index (κ2) is 8.51. The summed E-state index contributed by atoms with van der Waals surface area (Å²) in [6.07, 6.45) is 4.81. The van der Waals surface area contributed by atoms with Crippen LogP contribution in [0.4, 0.5) is 17.6 Å². The number of nitrogens with zero attached hydrogens (tertiary/aromatic N) is 4. The molecule has 1 aromatic heterocycles. The summed E-state index contributed by atoms with van der Waals surface area (Å²) >= 11 is 12.2. The average Bonchev–Trinajstić information content (AvgIpc) is 2.83. The molecule has 0 unspecified atom stereocenters. The molecule has 2 heterocycles. The molecule has 0 atom stereocenters. The Labute approximate surface area is 156 Å². The van der Waals surface area contributed by atoms with E-state index in [0.717, 1.165) is 31.6 Å². The normalized spacial score (nSPS) is 15.5. The molecule has 1 aromatic carbocycles. The number of anilines is 3. The third-order valence-corrected chi connectivity index (χ3v) is 4.34. The molecule has 1 aliphatic rings. The number of hydrogen-bond donors (Lipinski definition) is 2. The Kier molecular flexibility index (Phi) is 6.12. The Hall–Kier alpha value is -1.83. The molecule has 0 bridgehead atoms. The zero-order valence-electron chi connectivity index (χ0n) is 13.9. The van der Waals surface area contributed by atoms with E-state index in [2.05, 4.69) is 30.7 Å². The predicted molar refractivity (Wildman–Crippen MR) is 99.8 cm³/mol. The molecule has 7 nitrogen and oxygen atoms in total. The number of rotatable bonds is 5. The average molecular weight is 383 g/mol. The topological polar surface area (TPSA) is 75.2 Å². The highest BCUT2D eigenvalue weighted by atomic mass is 35.5. The third-order valence-electron chi connectivity index (χ3n) is 3.88. The number of hydrazine groups is 1. The van der Waals surface area contributed by atoms with Crippen molar-refractivity contribution in [2.75, 3.05) is 30.9 Å². The SMILES string of the molecule is COc1ccc(Nc2nc(Cl)nc(NN3CCCCCC3)n2)cc1Cl. The molecule has 9 heteroatoms. The smallest absolute Gasteiger partial charge is 0.243 e. The van der Waals surface area contributed by atoms with Crippen molar-refractivity contribution in [3.63, 3.8) is 0 Å². The molecule has 0 radical (unpaired) electrons. The van der Waals surface area contributed by atoms with Crippen LogP contribution in [-0.4, -0.2) is 40.2 Å². The first-order chi connectivity index (χ1) is 12.1. The molecule has 0 aliphatic carbocycles. The summed E-state index contributed by atoms with van der Waals surface area (Å²) < 4.78 is 5.15. The van der Waals surface area contributed by atoms with Crippen molar-refractivity contribution in [1.82, 2.24) is 20.0 Å². The van der Waals surface area contributed by atoms with E-state index in [0.29, 0.717) is 22.7 Å². The van der Waals surface area contributed by atoms with Gasteiger partial charge < -0.3 is 10.1 Å². The monoisotopic (exact) mass is 382 g/mol. The van der Waals surface area contributed by atoms with Gasteiger partial charge in [-0.2, -0.15) is 15.0 Å². The minimum absolute atomic E-state index is 0.120. The molecule has 1 saturated heterocycles. The summed E-state index contributed by atoms with van der Waals surface area (Å²) in [7, 11) is 1.57. The Bertz CT molecular complexity index is 722. The molecular weight excluding hydrogens is 363 g/mol. The molecule has 0 spiro atoms. The maximum absolute atomic E-state index is 6.14. The summed E-state index contributed by atoms with van der Waals surface area (Å²) in [6.45, 7) is 1.92. The van der Waals surface area contributed by atoms with Gasteiger partial charge in [-0.3, -0.25) is 5.43 Å². The van der Waals surface area contributed by atoms with Crippen LogP contribution >= 0.6 is 23.2 Å². The van der Waals surface area contributed by atoms with Crippen molar-refractivity contribution < 1.29 is 4.74 Å². The predicted octanol–water partition coefficient (Wildman–Crippen LogP) is 4.13. The zero-order valence-corrected chi connectivity index (χ0v) is 15.4. The number of methoxy groups -OCH3 is 1. The van der Waals surface area contributed by atoms with E-state index in [1.165, 1.54) is 12.8 Å². The van der Waals surface area contributed by atoms with E-state index in [9.17, 15) is 0 Å². The first-order valence-corrected chi connectivity index (χ1v) is 8.93. The van der Waals surface area contributed by atoms with Gasteiger partial charge in [0.05, 0.1) is 12.1 Å². The van der Waals surface area contributed by atoms with Gasteiger partial charge in [-0.15, -0.1) is 0 Å². The van der Waals surface area contributed by atoms with Gasteiger partial charge in [0.15, 0.2) is 0 Å². The minimum Gasteiger partial charge on any atom is -0.495 e. The van der Waals surface area contributed by atoms with Crippen molar-refractivity contribution in [2.24, 2.45) is 0 Å². The van der Waals surface area contributed by atoms with Gasteiger partial charge in [-0.1, -0.05) is 24.4 Å². The molecule has 2 N–H and O–H groups in total. The third kappa shape index (κ3) is 5.07. The largest absolute Gasteiger partial charge is 0.495 e. The van der Waals surface area contributed by atoms with Gasteiger partial charge >= 0.3 is 0 Å². The number of benzene rings is 1. The number of nitrogens with one attached hydrogen (secondary N) is 2. The van der Waals surface area contributed by atoms with Crippen LogP contribution in [0, 0.1) is 0 Å². The van der Waals surface area contributed by atoms with Gasteiger partial charge in [0.2, 0.25) is 17.2 Å². The van der Waals surface area contributed by atoms with E-state index < -0.39 is 0 Å². The second-order valence-electron chi connectivity index (χ2n) is 5.74. The van der Waals surface area contributed by atoms with Gasteiger partial charge in [0.25, 0.3) is 0 Å². The molecular formula is C16H20Cl2N6O. The van der Waals surface area contributed by atoms with Crippen molar-refractivity contribution >= 4 is 40.8 Å². The molecule has 0 saturated carbocycles. The van der Waals surface area contributed by atoms with E-state index in [-0.39, 0.29) is 5.28 Å². The van der Waals surface area contributed by atoms with Crippen LogP contribution in [-0.2, 0) is 0 Å². The summed E-state index contributed by atoms with van der Waals surface area (Å²) in [5.41, 5.74) is 3.95. The van der Waals surface area contributed by atoms with Gasteiger partial charge in [0, 0.05) is 18.8 Å². The number of aromatic nitrogens is 3. The quantitative estimate of drug-likeness (QED) is 0.804. The van der Waals surface area contributed by atoms with Crippen molar-refractivity contribution in [3.8, 4) is 5.75 Å². The van der Waals surface area contributed by atoms with Crippen LogP contribution in [0.5, 0.6) is 5.75 Å². The van der Waals surface area contributed by atoms with Crippen LogP contribution in [0.2, 0.25) is 10.3 Å². The maximum atomic E-state index is 6.14.